The minimum Gasteiger partial charge on any atom is -0.457 e. The van der Waals surface area contributed by atoms with E-state index >= 15 is 0 Å². The van der Waals surface area contributed by atoms with Crippen LogP contribution >= 0.6 is 15.9 Å². The number of nitrogens with zero attached hydrogens (tertiary/aromatic N) is 1. The molecule has 28 heavy (non-hydrogen) atoms. The largest absolute Gasteiger partial charge is 0.457 e. The third-order valence-corrected chi connectivity index (χ3v) is 6.15. The standard InChI is InChI=1S/C22H23BrN2O3/c1-14-2-11-19-20(12-14)22(27)25(21(19)26)13-24-16-5-9-18(10-6-16)28-17-7-3-15(23)4-8-17/h3-10,14,19-20,24H,2,11-13H2,1H3/t14-,19-,20+/m1/s1. The quantitative estimate of drug-likeness (QED) is 0.659. The van der Waals surface area contributed by atoms with Crippen molar-refractivity contribution in [3.8, 4) is 11.5 Å². The van der Waals surface area contributed by atoms with Crippen molar-refractivity contribution in [2.24, 2.45) is 17.8 Å². The van der Waals surface area contributed by atoms with E-state index in [9.17, 15) is 9.59 Å². The van der Waals surface area contributed by atoms with Gasteiger partial charge in [0.1, 0.15) is 11.5 Å². The zero-order chi connectivity index (χ0) is 19.7. The number of carbonyl (C=O) groups is 2. The van der Waals surface area contributed by atoms with Crippen LogP contribution in [0.5, 0.6) is 11.5 Å². The number of rotatable bonds is 5. The molecule has 6 heteroatoms. The molecule has 5 nitrogen and oxygen atoms in total. The lowest BCUT2D eigenvalue weighted by Crippen LogP contribution is -2.35. The van der Waals surface area contributed by atoms with Gasteiger partial charge in [0.15, 0.2) is 0 Å². The molecular weight excluding hydrogens is 420 g/mol. The fourth-order valence-corrected chi connectivity index (χ4v) is 4.33. The van der Waals surface area contributed by atoms with Crippen molar-refractivity contribution in [3.05, 3.63) is 53.0 Å². The molecule has 2 fully saturated rings. The van der Waals surface area contributed by atoms with Gasteiger partial charge >= 0.3 is 0 Å². The van der Waals surface area contributed by atoms with Crippen molar-refractivity contribution in [1.29, 1.82) is 0 Å². The van der Waals surface area contributed by atoms with Crippen LogP contribution in [0.3, 0.4) is 0 Å². The summed E-state index contributed by atoms with van der Waals surface area (Å²) in [4.78, 5) is 26.6. The van der Waals surface area contributed by atoms with E-state index in [2.05, 4.69) is 28.2 Å². The number of halogens is 1. The Morgan fingerprint density at radius 3 is 2.25 bits per heavy atom. The van der Waals surface area contributed by atoms with Crippen LogP contribution in [0.2, 0.25) is 0 Å². The van der Waals surface area contributed by atoms with Gasteiger partial charge in [0.2, 0.25) is 11.8 Å². The molecule has 4 rings (SSSR count). The van der Waals surface area contributed by atoms with Crippen LogP contribution in [0.15, 0.2) is 53.0 Å². The summed E-state index contributed by atoms with van der Waals surface area (Å²) in [6.45, 7) is 2.37. The maximum absolute atomic E-state index is 12.6. The third-order valence-electron chi connectivity index (χ3n) is 5.62. The lowest BCUT2D eigenvalue weighted by Gasteiger charge is -2.25. The number of hydrogen-bond donors (Lipinski definition) is 1. The normalized spacial score (nSPS) is 24.2. The van der Waals surface area contributed by atoms with Gasteiger partial charge in [-0.25, -0.2) is 0 Å². The van der Waals surface area contributed by atoms with Crippen LogP contribution in [0.1, 0.15) is 26.2 Å². The van der Waals surface area contributed by atoms with Gasteiger partial charge in [0.05, 0.1) is 18.5 Å². The number of anilines is 1. The molecule has 1 saturated carbocycles. The van der Waals surface area contributed by atoms with Crippen LogP contribution < -0.4 is 10.1 Å². The Labute approximate surface area is 173 Å². The molecule has 146 valence electrons. The lowest BCUT2D eigenvalue weighted by atomic mass is 9.76. The summed E-state index contributed by atoms with van der Waals surface area (Å²) in [5.74, 6) is 1.71. The molecule has 0 radical (unpaired) electrons. The Bertz CT molecular complexity index is 866. The van der Waals surface area contributed by atoms with E-state index in [0.717, 1.165) is 40.9 Å². The molecule has 2 aliphatic rings. The summed E-state index contributed by atoms with van der Waals surface area (Å²) < 4.78 is 6.81. The predicted octanol–water partition coefficient (Wildman–Crippen LogP) is 5.03. The van der Waals surface area contributed by atoms with E-state index < -0.39 is 0 Å². The molecule has 3 atom stereocenters. The minimum atomic E-state index is -0.125. The number of carbonyl (C=O) groups excluding carboxylic acids is 2. The van der Waals surface area contributed by atoms with Crippen LogP contribution in [0.4, 0.5) is 5.69 Å². The number of hydrogen-bond acceptors (Lipinski definition) is 4. The average Bonchev–Trinajstić information content (AvgIpc) is 2.93. The molecular formula is C22H23BrN2O3. The SMILES string of the molecule is C[C@@H]1CC[C@H]2C(=O)N(CNc3ccc(Oc4ccc(Br)cc4)cc3)C(=O)[C@H]2C1. The van der Waals surface area contributed by atoms with E-state index in [1.54, 1.807) is 0 Å². The molecule has 0 spiro atoms. The van der Waals surface area contributed by atoms with Crippen molar-refractivity contribution in [1.82, 2.24) is 4.90 Å². The van der Waals surface area contributed by atoms with Gasteiger partial charge in [-0.05, 0) is 73.7 Å². The maximum Gasteiger partial charge on any atom is 0.234 e. The molecule has 0 bridgehead atoms. The van der Waals surface area contributed by atoms with Crippen molar-refractivity contribution in [3.63, 3.8) is 0 Å². The van der Waals surface area contributed by atoms with Gasteiger partial charge in [0.25, 0.3) is 0 Å². The molecule has 0 unspecified atom stereocenters. The summed E-state index contributed by atoms with van der Waals surface area (Å²) in [7, 11) is 0. The number of imide groups is 1. The molecule has 0 aromatic heterocycles. The molecule has 1 saturated heterocycles. The Balaban J connectivity index is 1.35. The first-order valence-corrected chi connectivity index (χ1v) is 10.4. The Kier molecular flexibility index (Phi) is 5.40. The second kappa shape index (κ2) is 7.95. The summed E-state index contributed by atoms with van der Waals surface area (Å²) in [6, 6.07) is 15.1. The molecule has 2 aromatic carbocycles. The monoisotopic (exact) mass is 442 g/mol. The first-order valence-electron chi connectivity index (χ1n) is 9.64. The number of benzene rings is 2. The predicted molar refractivity (Wildman–Crippen MR) is 111 cm³/mol. The van der Waals surface area contributed by atoms with E-state index in [1.807, 2.05) is 48.5 Å². The van der Waals surface area contributed by atoms with Crippen molar-refractivity contribution in [2.75, 3.05) is 12.0 Å². The Morgan fingerprint density at radius 2 is 1.57 bits per heavy atom. The van der Waals surface area contributed by atoms with Gasteiger partial charge in [-0.15, -0.1) is 0 Å². The minimum absolute atomic E-state index is 0.0235. The first-order chi connectivity index (χ1) is 13.5. The summed E-state index contributed by atoms with van der Waals surface area (Å²) in [5.41, 5.74) is 0.840. The lowest BCUT2D eigenvalue weighted by molar-refractivity contribution is -0.139. The molecule has 1 aliphatic heterocycles. The highest BCUT2D eigenvalue weighted by Gasteiger charge is 2.49. The maximum atomic E-state index is 12.6. The van der Waals surface area contributed by atoms with Crippen LogP contribution in [-0.4, -0.2) is 23.4 Å². The highest BCUT2D eigenvalue weighted by atomic mass is 79.9. The van der Waals surface area contributed by atoms with E-state index in [0.29, 0.717) is 5.92 Å². The smallest absolute Gasteiger partial charge is 0.234 e. The number of nitrogens with one attached hydrogen (secondary N) is 1. The van der Waals surface area contributed by atoms with E-state index in [1.165, 1.54) is 4.90 Å². The zero-order valence-electron chi connectivity index (χ0n) is 15.7. The van der Waals surface area contributed by atoms with E-state index in [4.69, 9.17) is 4.74 Å². The summed E-state index contributed by atoms with van der Waals surface area (Å²) in [6.07, 6.45) is 2.68. The van der Waals surface area contributed by atoms with Gasteiger partial charge < -0.3 is 10.1 Å². The Morgan fingerprint density at radius 1 is 0.964 bits per heavy atom. The van der Waals surface area contributed by atoms with Crippen LogP contribution in [0.25, 0.3) is 0 Å². The van der Waals surface area contributed by atoms with Gasteiger partial charge in [0, 0.05) is 10.2 Å². The topological polar surface area (TPSA) is 58.6 Å². The number of fused-ring (bicyclic) bond motifs is 1. The summed E-state index contributed by atoms with van der Waals surface area (Å²) in [5, 5.41) is 3.19. The molecule has 2 aromatic rings. The van der Waals surface area contributed by atoms with Gasteiger partial charge in [-0.2, -0.15) is 0 Å². The number of ether oxygens (including phenoxy) is 1. The van der Waals surface area contributed by atoms with Gasteiger partial charge in [-0.3, -0.25) is 14.5 Å². The molecule has 1 heterocycles. The molecule has 1 N–H and O–H groups in total. The fourth-order valence-electron chi connectivity index (χ4n) is 4.06. The summed E-state index contributed by atoms with van der Waals surface area (Å²) >= 11 is 3.40. The van der Waals surface area contributed by atoms with E-state index in [-0.39, 0.29) is 30.3 Å². The van der Waals surface area contributed by atoms with Crippen molar-refractivity contribution < 1.29 is 14.3 Å². The van der Waals surface area contributed by atoms with Gasteiger partial charge in [-0.1, -0.05) is 22.9 Å². The fraction of sp³-hybridized carbons (Fsp3) is 0.364. The van der Waals surface area contributed by atoms with Crippen molar-refractivity contribution >= 4 is 33.4 Å². The Hall–Kier alpha value is -2.34. The average molecular weight is 443 g/mol. The van der Waals surface area contributed by atoms with Crippen LogP contribution in [0, 0.1) is 17.8 Å². The first kappa shape index (κ1) is 19.0. The molecule has 2 amide bonds. The number of amides is 2. The van der Waals surface area contributed by atoms with Crippen molar-refractivity contribution in [2.45, 2.75) is 26.2 Å². The van der Waals surface area contributed by atoms with Crippen LogP contribution in [-0.2, 0) is 9.59 Å². The zero-order valence-corrected chi connectivity index (χ0v) is 17.3. The number of likely N-dealkylation sites (tertiary alicyclic amines) is 1. The molecule has 1 aliphatic carbocycles. The second-order valence-corrected chi connectivity index (χ2v) is 8.57. The second-order valence-electron chi connectivity index (χ2n) is 7.65. The highest BCUT2D eigenvalue weighted by Crippen LogP contribution is 2.40. The highest BCUT2D eigenvalue weighted by molar-refractivity contribution is 9.10. The third kappa shape index (κ3) is 3.92.